The molecule has 2 aliphatic heterocycles. The maximum Gasteiger partial charge on any atom is 0.243 e. The van der Waals surface area contributed by atoms with E-state index in [1.165, 1.54) is 32.4 Å². The molecule has 22 heavy (non-hydrogen) atoms. The molecule has 1 aromatic heterocycles. The molecule has 1 aromatic rings. The Kier molecular flexibility index (Phi) is 5.81. The van der Waals surface area contributed by atoms with Gasteiger partial charge in [0, 0.05) is 19.6 Å². The highest BCUT2D eigenvalue weighted by molar-refractivity contribution is 4.95. The van der Waals surface area contributed by atoms with E-state index >= 15 is 0 Å². The second-order valence-corrected chi connectivity index (χ2v) is 6.53. The molecule has 0 spiro atoms. The summed E-state index contributed by atoms with van der Waals surface area (Å²) in [5, 5.41) is 4.10. The summed E-state index contributed by atoms with van der Waals surface area (Å²) in [6.07, 6.45) is 7.99. The van der Waals surface area contributed by atoms with Gasteiger partial charge >= 0.3 is 0 Å². The molecule has 0 unspecified atom stereocenters. The Morgan fingerprint density at radius 1 is 1.18 bits per heavy atom. The molecule has 0 aliphatic carbocycles. The third kappa shape index (κ3) is 4.27. The monoisotopic (exact) mass is 308 g/mol. The van der Waals surface area contributed by atoms with Crippen molar-refractivity contribution >= 4 is 0 Å². The Hall–Kier alpha value is -0.980. The zero-order valence-corrected chi connectivity index (χ0v) is 13.4. The number of hydrogen-bond donors (Lipinski definition) is 1. The van der Waals surface area contributed by atoms with Gasteiger partial charge in [0.1, 0.15) is 0 Å². The Labute approximate surface area is 132 Å². The molecular weight excluding hydrogens is 280 g/mol. The zero-order chi connectivity index (χ0) is 15.2. The maximum absolute atomic E-state index is 6.27. The van der Waals surface area contributed by atoms with E-state index in [4.69, 9.17) is 15.0 Å². The number of likely N-dealkylation sites (tertiary alicyclic amines) is 1. The first-order valence-electron chi connectivity index (χ1n) is 8.71. The Balaban J connectivity index is 1.44. The molecule has 0 bridgehead atoms. The summed E-state index contributed by atoms with van der Waals surface area (Å²) in [6.45, 7) is 5.19. The molecule has 2 saturated heterocycles. The highest BCUT2D eigenvalue weighted by Gasteiger charge is 2.26. The van der Waals surface area contributed by atoms with E-state index in [0.29, 0.717) is 11.8 Å². The Morgan fingerprint density at radius 2 is 1.95 bits per heavy atom. The van der Waals surface area contributed by atoms with Crippen LogP contribution in [-0.2, 0) is 11.2 Å². The number of nitrogens with zero attached hydrogens (tertiary/aromatic N) is 3. The van der Waals surface area contributed by atoms with Crippen LogP contribution in [0.1, 0.15) is 56.3 Å². The van der Waals surface area contributed by atoms with Crippen molar-refractivity contribution in [2.24, 2.45) is 11.7 Å². The number of ether oxygens (including phenoxy) is 1. The van der Waals surface area contributed by atoms with Gasteiger partial charge in [-0.1, -0.05) is 11.6 Å². The van der Waals surface area contributed by atoms with Crippen LogP contribution < -0.4 is 5.73 Å². The van der Waals surface area contributed by atoms with Crippen LogP contribution in [0.3, 0.4) is 0 Å². The molecule has 1 atom stereocenters. The molecule has 0 saturated carbocycles. The van der Waals surface area contributed by atoms with Gasteiger partial charge in [0.25, 0.3) is 0 Å². The number of piperidine rings is 1. The summed E-state index contributed by atoms with van der Waals surface area (Å²) in [5.41, 5.74) is 6.27. The van der Waals surface area contributed by atoms with Gasteiger partial charge in [-0.3, -0.25) is 0 Å². The Morgan fingerprint density at radius 3 is 2.73 bits per heavy atom. The largest absolute Gasteiger partial charge is 0.381 e. The lowest BCUT2D eigenvalue weighted by molar-refractivity contribution is 0.0546. The highest BCUT2D eigenvalue weighted by Crippen LogP contribution is 2.27. The van der Waals surface area contributed by atoms with Gasteiger partial charge in [-0.05, 0) is 57.7 Å². The number of rotatable bonds is 6. The van der Waals surface area contributed by atoms with E-state index in [1.54, 1.807) is 0 Å². The summed E-state index contributed by atoms with van der Waals surface area (Å²) in [7, 11) is 0. The number of aromatic nitrogens is 2. The molecule has 0 radical (unpaired) electrons. The topological polar surface area (TPSA) is 77.4 Å². The number of hydrogen-bond acceptors (Lipinski definition) is 6. The summed E-state index contributed by atoms with van der Waals surface area (Å²) in [4.78, 5) is 7.05. The molecule has 2 aliphatic rings. The van der Waals surface area contributed by atoms with E-state index in [9.17, 15) is 0 Å². The van der Waals surface area contributed by atoms with Crippen molar-refractivity contribution in [1.82, 2.24) is 15.0 Å². The van der Waals surface area contributed by atoms with Crippen LogP contribution in [0, 0.1) is 5.92 Å². The van der Waals surface area contributed by atoms with Crippen LogP contribution in [0.25, 0.3) is 0 Å². The average Bonchev–Trinajstić information content (AvgIpc) is 3.05. The van der Waals surface area contributed by atoms with Gasteiger partial charge in [-0.2, -0.15) is 4.98 Å². The van der Waals surface area contributed by atoms with Crippen molar-refractivity contribution in [2.75, 3.05) is 32.8 Å². The van der Waals surface area contributed by atoms with E-state index in [2.05, 4.69) is 15.0 Å². The van der Waals surface area contributed by atoms with Gasteiger partial charge in [0.2, 0.25) is 5.89 Å². The van der Waals surface area contributed by atoms with E-state index in [0.717, 1.165) is 51.3 Å². The zero-order valence-electron chi connectivity index (χ0n) is 13.4. The lowest BCUT2D eigenvalue weighted by Crippen LogP contribution is -2.30. The fourth-order valence-corrected chi connectivity index (χ4v) is 3.42. The van der Waals surface area contributed by atoms with Crippen molar-refractivity contribution in [2.45, 2.75) is 51.0 Å². The van der Waals surface area contributed by atoms with Crippen LogP contribution >= 0.6 is 0 Å². The first kappa shape index (κ1) is 15.9. The molecule has 2 N–H and O–H groups in total. The molecule has 0 aromatic carbocycles. The van der Waals surface area contributed by atoms with Crippen molar-refractivity contribution in [3.05, 3.63) is 11.7 Å². The molecule has 6 nitrogen and oxygen atoms in total. The lowest BCUT2D eigenvalue weighted by Gasteiger charge is -2.26. The number of nitrogens with two attached hydrogens (primary N) is 1. The SMILES string of the molecule is N[C@@H](c1nc(CCCN2CCCCC2)no1)C1CCOCC1. The van der Waals surface area contributed by atoms with Gasteiger partial charge in [0.15, 0.2) is 5.82 Å². The first-order chi connectivity index (χ1) is 10.8. The van der Waals surface area contributed by atoms with Gasteiger partial charge in [-0.25, -0.2) is 0 Å². The van der Waals surface area contributed by atoms with Crippen LogP contribution in [0.15, 0.2) is 4.52 Å². The van der Waals surface area contributed by atoms with Gasteiger partial charge < -0.3 is 19.9 Å². The van der Waals surface area contributed by atoms with E-state index in [1.807, 2.05) is 0 Å². The molecule has 3 rings (SSSR count). The lowest BCUT2D eigenvalue weighted by atomic mass is 9.92. The summed E-state index contributed by atoms with van der Waals surface area (Å²) in [6, 6.07) is -0.146. The third-order valence-electron chi connectivity index (χ3n) is 4.87. The molecule has 0 amide bonds. The predicted molar refractivity (Wildman–Crippen MR) is 83.4 cm³/mol. The minimum atomic E-state index is -0.146. The summed E-state index contributed by atoms with van der Waals surface area (Å²) in [5.74, 6) is 1.80. The van der Waals surface area contributed by atoms with Crippen LogP contribution in [0.2, 0.25) is 0 Å². The predicted octanol–water partition coefficient (Wildman–Crippen LogP) is 1.91. The minimum Gasteiger partial charge on any atom is -0.381 e. The van der Waals surface area contributed by atoms with Crippen LogP contribution in [0.5, 0.6) is 0 Å². The second kappa shape index (κ2) is 8.04. The van der Waals surface area contributed by atoms with Crippen LogP contribution in [-0.4, -0.2) is 47.9 Å². The first-order valence-corrected chi connectivity index (χ1v) is 8.71. The quantitative estimate of drug-likeness (QED) is 0.865. The van der Waals surface area contributed by atoms with Crippen LogP contribution in [0.4, 0.5) is 0 Å². The molecule has 2 fully saturated rings. The third-order valence-corrected chi connectivity index (χ3v) is 4.87. The summed E-state index contributed by atoms with van der Waals surface area (Å²) >= 11 is 0. The van der Waals surface area contributed by atoms with Gasteiger partial charge in [0.05, 0.1) is 6.04 Å². The normalized spacial score (nSPS) is 22.8. The molecule has 6 heteroatoms. The molecule has 124 valence electrons. The van der Waals surface area contributed by atoms with Crippen molar-refractivity contribution in [3.8, 4) is 0 Å². The maximum atomic E-state index is 6.27. The van der Waals surface area contributed by atoms with Crippen molar-refractivity contribution < 1.29 is 9.26 Å². The number of aryl methyl sites for hydroxylation is 1. The fraction of sp³-hybridized carbons (Fsp3) is 0.875. The van der Waals surface area contributed by atoms with E-state index in [-0.39, 0.29) is 6.04 Å². The highest BCUT2D eigenvalue weighted by atomic mass is 16.5. The molecular formula is C16H28N4O2. The smallest absolute Gasteiger partial charge is 0.243 e. The average molecular weight is 308 g/mol. The minimum absolute atomic E-state index is 0.146. The fourth-order valence-electron chi connectivity index (χ4n) is 3.42. The summed E-state index contributed by atoms with van der Waals surface area (Å²) < 4.78 is 10.8. The van der Waals surface area contributed by atoms with E-state index < -0.39 is 0 Å². The second-order valence-electron chi connectivity index (χ2n) is 6.53. The van der Waals surface area contributed by atoms with Gasteiger partial charge in [-0.15, -0.1) is 0 Å². The Bertz CT molecular complexity index is 439. The molecule has 3 heterocycles. The van der Waals surface area contributed by atoms with Crippen molar-refractivity contribution in [1.29, 1.82) is 0 Å². The standard InChI is InChI=1S/C16H28N4O2/c17-15(13-6-11-21-12-7-13)16-18-14(19-22-16)5-4-10-20-8-2-1-3-9-20/h13,15H,1-12,17H2/t15-/m1/s1. The van der Waals surface area contributed by atoms with Crippen molar-refractivity contribution in [3.63, 3.8) is 0 Å².